The maximum Gasteiger partial charge on any atom is 0.338 e. The lowest BCUT2D eigenvalue weighted by molar-refractivity contribution is -0.124. The molecule has 0 fully saturated rings. The van der Waals surface area contributed by atoms with Gasteiger partial charge in [-0.1, -0.05) is 35.5 Å². The van der Waals surface area contributed by atoms with E-state index in [2.05, 4.69) is 20.6 Å². The number of carbonyl (C=O) groups excluding carboxylic acids is 2. The summed E-state index contributed by atoms with van der Waals surface area (Å²) >= 11 is 0. The molecule has 0 unspecified atom stereocenters. The minimum absolute atomic E-state index is 0.307. The van der Waals surface area contributed by atoms with E-state index < -0.39 is 5.97 Å². The van der Waals surface area contributed by atoms with Gasteiger partial charge in [-0.15, -0.1) is 0 Å². The van der Waals surface area contributed by atoms with Crippen molar-refractivity contribution in [1.29, 1.82) is 0 Å². The van der Waals surface area contributed by atoms with Crippen LogP contribution in [0.5, 0.6) is 0 Å². The summed E-state index contributed by atoms with van der Waals surface area (Å²) in [6, 6.07) is 16.6. The van der Waals surface area contributed by atoms with Crippen molar-refractivity contribution in [3.63, 3.8) is 0 Å². The first-order valence-electron chi connectivity index (χ1n) is 10.8. The summed E-state index contributed by atoms with van der Waals surface area (Å²) < 4.78 is 12.2. The molecule has 2 aromatic carbocycles. The molecule has 9 heteroatoms. The van der Waals surface area contributed by atoms with E-state index in [9.17, 15) is 9.59 Å². The average Bonchev–Trinajstić information content (AvgIpc) is 3.39. The first-order chi connectivity index (χ1) is 16.4. The Labute approximate surface area is 196 Å². The number of rotatable bonds is 8. The number of hydrogen-bond acceptors (Lipinski definition) is 7. The van der Waals surface area contributed by atoms with Crippen LogP contribution in [0.25, 0.3) is 11.5 Å². The van der Waals surface area contributed by atoms with Gasteiger partial charge in [0.15, 0.2) is 12.4 Å². The normalized spacial score (nSPS) is 10.8. The Morgan fingerprint density at radius 2 is 1.76 bits per heavy atom. The molecule has 34 heavy (non-hydrogen) atoms. The molecule has 0 saturated carbocycles. The lowest BCUT2D eigenvalue weighted by Crippen LogP contribution is -2.28. The lowest BCUT2D eigenvalue weighted by Gasteiger charge is -2.08. The zero-order valence-corrected chi connectivity index (χ0v) is 19.2. The van der Waals surface area contributed by atoms with E-state index in [0.29, 0.717) is 35.9 Å². The van der Waals surface area contributed by atoms with Crippen LogP contribution in [-0.4, -0.2) is 38.4 Å². The minimum atomic E-state index is -0.591. The van der Waals surface area contributed by atoms with Gasteiger partial charge in [0.1, 0.15) is 0 Å². The van der Waals surface area contributed by atoms with Crippen LogP contribution in [-0.2, 0) is 22.6 Å². The summed E-state index contributed by atoms with van der Waals surface area (Å²) in [6.07, 6.45) is 0. The Kier molecular flexibility index (Phi) is 6.82. The molecule has 1 N–H and O–H groups in total. The van der Waals surface area contributed by atoms with Crippen LogP contribution in [0.15, 0.2) is 59.1 Å². The van der Waals surface area contributed by atoms with Gasteiger partial charge in [-0.25, -0.2) is 4.79 Å². The predicted molar refractivity (Wildman–Crippen MR) is 124 cm³/mol. The van der Waals surface area contributed by atoms with Crippen LogP contribution in [0, 0.1) is 20.8 Å². The van der Waals surface area contributed by atoms with E-state index >= 15 is 0 Å². The second kappa shape index (κ2) is 10.1. The second-order valence-corrected chi connectivity index (χ2v) is 7.87. The molecule has 0 spiro atoms. The number of aromatic nitrogens is 4. The van der Waals surface area contributed by atoms with Crippen molar-refractivity contribution in [2.24, 2.45) is 0 Å². The van der Waals surface area contributed by atoms with Crippen LogP contribution in [0.1, 0.15) is 38.7 Å². The molecule has 0 aliphatic heterocycles. The Morgan fingerprint density at radius 1 is 1.03 bits per heavy atom. The molecule has 9 nitrogen and oxygen atoms in total. The molecule has 2 heterocycles. The van der Waals surface area contributed by atoms with E-state index in [-0.39, 0.29) is 12.5 Å². The summed E-state index contributed by atoms with van der Waals surface area (Å²) in [4.78, 5) is 28.7. The third kappa shape index (κ3) is 5.37. The molecule has 2 aromatic heterocycles. The van der Waals surface area contributed by atoms with Crippen molar-refractivity contribution >= 4 is 11.9 Å². The zero-order chi connectivity index (χ0) is 24.1. The fourth-order valence-corrected chi connectivity index (χ4v) is 3.52. The number of carbonyl (C=O) groups is 2. The summed E-state index contributed by atoms with van der Waals surface area (Å²) in [5, 5.41) is 11.1. The molecule has 0 radical (unpaired) electrons. The minimum Gasteiger partial charge on any atom is -0.452 e. The summed E-state index contributed by atoms with van der Waals surface area (Å²) in [5.41, 5.74) is 4.94. The van der Waals surface area contributed by atoms with Gasteiger partial charge in [0.05, 0.1) is 17.8 Å². The molecule has 0 aliphatic rings. The van der Waals surface area contributed by atoms with E-state index in [1.807, 2.05) is 48.9 Å². The highest BCUT2D eigenvalue weighted by atomic mass is 16.5. The van der Waals surface area contributed by atoms with Crippen LogP contribution in [0.2, 0.25) is 0 Å². The maximum atomic E-state index is 12.3. The highest BCUT2D eigenvalue weighted by Gasteiger charge is 2.15. The standard InChI is InChI=1S/C25H25N5O4/c1-16-22(17(2)30(28-16)14-19-7-5-4-6-8-19)13-26-23(31)15-33-25(32)21-11-9-20(10-12-21)24-27-18(3)29-34-24/h4-12H,13-15H2,1-3H3,(H,26,31). The molecule has 4 aromatic rings. The number of nitrogens with one attached hydrogen (secondary N) is 1. The zero-order valence-electron chi connectivity index (χ0n) is 19.2. The van der Waals surface area contributed by atoms with Gasteiger partial charge in [0.2, 0.25) is 0 Å². The van der Waals surface area contributed by atoms with Crippen molar-refractivity contribution in [3.8, 4) is 11.5 Å². The van der Waals surface area contributed by atoms with Gasteiger partial charge in [0, 0.05) is 23.4 Å². The monoisotopic (exact) mass is 459 g/mol. The van der Waals surface area contributed by atoms with Crippen LogP contribution in [0.3, 0.4) is 0 Å². The summed E-state index contributed by atoms with van der Waals surface area (Å²) in [7, 11) is 0. The maximum absolute atomic E-state index is 12.3. The Balaban J connectivity index is 1.28. The van der Waals surface area contributed by atoms with Crippen molar-refractivity contribution in [3.05, 3.63) is 88.5 Å². The fourth-order valence-electron chi connectivity index (χ4n) is 3.52. The van der Waals surface area contributed by atoms with Crippen molar-refractivity contribution in [1.82, 2.24) is 25.2 Å². The predicted octanol–water partition coefficient (Wildman–Crippen LogP) is 3.38. The van der Waals surface area contributed by atoms with E-state index in [4.69, 9.17) is 9.26 Å². The van der Waals surface area contributed by atoms with Crippen LogP contribution in [0.4, 0.5) is 0 Å². The molecule has 174 valence electrons. The molecular formula is C25H25N5O4. The highest BCUT2D eigenvalue weighted by Crippen LogP contribution is 2.18. The number of amides is 1. The number of aryl methyl sites for hydroxylation is 2. The summed E-state index contributed by atoms with van der Waals surface area (Å²) in [6.45, 7) is 6.20. The number of ether oxygens (including phenoxy) is 1. The number of nitrogens with zero attached hydrogens (tertiary/aromatic N) is 4. The first kappa shape index (κ1) is 22.9. The van der Waals surface area contributed by atoms with Crippen LogP contribution >= 0.6 is 0 Å². The molecule has 0 saturated heterocycles. The van der Waals surface area contributed by atoms with E-state index in [0.717, 1.165) is 22.5 Å². The second-order valence-electron chi connectivity index (χ2n) is 7.87. The van der Waals surface area contributed by atoms with Crippen molar-refractivity contribution in [2.75, 3.05) is 6.61 Å². The molecule has 1 amide bonds. The molecule has 4 rings (SSSR count). The third-order valence-corrected chi connectivity index (χ3v) is 5.40. The van der Waals surface area contributed by atoms with E-state index in [1.54, 1.807) is 31.2 Å². The topological polar surface area (TPSA) is 112 Å². The SMILES string of the molecule is Cc1noc(-c2ccc(C(=O)OCC(=O)NCc3c(C)nn(Cc4ccccc4)c3C)cc2)n1. The van der Waals surface area contributed by atoms with Crippen molar-refractivity contribution < 1.29 is 18.8 Å². The van der Waals surface area contributed by atoms with E-state index in [1.165, 1.54) is 0 Å². The summed E-state index contributed by atoms with van der Waals surface area (Å²) in [5.74, 6) is -0.0831. The van der Waals surface area contributed by atoms with Gasteiger partial charge in [-0.05, 0) is 50.6 Å². The smallest absolute Gasteiger partial charge is 0.338 e. The van der Waals surface area contributed by atoms with Crippen molar-refractivity contribution in [2.45, 2.75) is 33.9 Å². The largest absolute Gasteiger partial charge is 0.452 e. The number of benzene rings is 2. The molecular weight excluding hydrogens is 434 g/mol. The molecule has 0 aliphatic carbocycles. The Hall–Kier alpha value is -4.27. The number of hydrogen-bond donors (Lipinski definition) is 1. The van der Waals surface area contributed by atoms with Gasteiger partial charge < -0.3 is 14.6 Å². The molecule has 0 bridgehead atoms. The Bertz CT molecular complexity index is 1290. The fraction of sp³-hybridized carbons (Fsp3) is 0.240. The number of esters is 1. The van der Waals surface area contributed by atoms with Crippen LogP contribution < -0.4 is 5.32 Å². The highest BCUT2D eigenvalue weighted by molar-refractivity contribution is 5.91. The first-order valence-corrected chi connectivity index (χ1v) is 10.8. The molecule has 0 atom stereocenters. The van der Waals surface area contributed by atoms with Gasteiger partial charge in [-0.2, -0.15) is 10.1 Å². The lowest BCUT2D eigenvalue weighted by atomic mass is 10.1. The quantitative estimate of drug-likeness (QED) is 0.402. The van der Waals surface area contributed by atoms with Gasteiger partial charge in [-0.3, -0.25) is 9.48 Å². The Morgan fingerprint density at radius 3 is 2.44 bits per heavy atom. The average molecular weight is 460 g/mol. The van der Waals surface area contributed by atoms with Gasteiger partial charge in [0.25, 0.3) is 11.8 Å². The van der Waals surface area contributed by atoms with Gasteiger partial charge >= 0.3 is 5.97 Å². The third-order valence-electron chi connectivity index (χ3n) is 5.40.